The molecule has 0 unspecified atom stereocenters. The second kappa shape index (κ2) is 4.81. The van der Waals surface area contributed by atoms with Gasteiger partial charge in [-0.05, 0) is 6.92 Å². The van der Waals surface area contributed by atoms with Crippen LogP contribution in [0.25, 0.3) is 0 Å². The fourth-order valence-electron chi connectivity index (χ4n) is 1.54. The van der Waals surface area contributed by atoms with Gasteiger partial charge in [0.1, 0.15) is 5.02 Å². The molecule has 0 aliphatic carbocycles. The number of anilines is 1. The highest BCUT2D eigenvalue weighted by atomic mass is 35.5. The topological polar surface area (TPSA) is 64.7 Å². The molecule has 0 saturated carbocycles. The Bertz CT molecular complexity index is 631. The normalized spacial score (nSPS) is 10.7. The van der Waals surface area contributed by atoms with Gasteiger partial charge in [-0.2, -0.15) is 10.2 Å². The Hall–Kier alpha value is -1.82. The Labute approximate surface area is 109 Å². The molecule has 0 radical (unpaired) electrons. The lowest BCUT2D eigenvalue weighted by Gasteiger charge is -2.08. The first-order chi connectivity index (χ1) is 8.50. The number of nitrogens with zero attached hydrogens (tertiary/aromatic N) is 4. The van der Waals surface area contributed by atoms with Crippen LogP contribution < -0.4 is 10.9 Å². The van der Waals surface area contributed by atoms with Gasteiger partial charge in [0.05, 0.1) is 18.1 Å². The van der Waals surface area contributed by atoms with Crippen molar-refractivity contribution in [2.45, 2.75) is 13.5 Å². The van der Waals surface area contributed by atoms with Crippen LogP contribution in [-0.4, -0.2) is 19.6 Å². The van der Waals surface area contributed by atoms with E-state index in [0.717, 1.165) is 11.3 Å². The van der Waals surface area contributed by atoms with Gasteiger partial charge in [0, 0.05) is 31.9 Å². The highest BCUT2D eigenvalue weighted by Gasteiger charge is 2.08. The maximum absolute atomic E-state index is 11.6. The predicted octanol–water partition coefficient (Wildman–Crippen LogP) is 1.09. The molecular weight excluding hydrogens is 254 g/mol. The molecule has 0 fully saturated rings. The monoisotopic (exact) mass is 267 g/mol. The Kier molecular flexibility index (Phi) is 3.38. The van der Waals surface area contributed by atoms with E-state index in [1.165, 1.54) is 10.9 Å². The molecule has 1 N–H and O–H groups in total. The third-order valence-electron chi connectivity index (χ3n) is 2.88. The molecule has 2 aromatic heterocycles. The third kappa shape index (κ3) is 2.24. The summed E-state index contributed by atoms with van der Waals surface area (Å²) in [6.07, 6.45) is 3.32. The standard InChI is InChI=1S/C11H14ClN5O/c1-7-8(5-14-16(7)2)4-13-9-6-15-17(3)11(18)10(9)12/h5-6,13H,4H2,1-3H3. The zero-order chi connectivity index (χ0) is 13.3. The molecule has 0 bridgehead atoms. The molecule has 2 heterocycles. The summed E-state index contributed by atoms with van der Waals surface area (Å²) in [5.41, 5.74) is 2.33. The van der Waals surface area contributed by atoms with Crippen molar-refractivity contribution in [3.05, 3.63) is 39.0 Å². The quantitative estimate of drug-likeness (QED) is 0.904. The Morgan fingerprint density at radius 2 is 1.94 bits per heavy atom. The van der Waals surface area contributed by atoms with E-state index < -0.39 is 0 Å². The number of rotatable bonds is 3. The smallest absolute Gasteiger partial charge is 0.287 e. The molecule has 18 heavy (non-hydrogen) atoms. The van der Waals surface area contributed by atoms with Crippen molar-refractivity contribution in [3.63, 3.8) is 0 Å². The minimum atomic E-state index is -0.315. The van der Waals surface area contributed by atoms with Gasteiger partial charge in [-0.3, -0.25) is 9.48 Å². The highest BCUT2D eigenvalue weighted by Crippen LogP contribution is 2.16. The van der Waals surface area contributed by atoms with Crippen molar-refractivity contribution in [3.8, 4) is 0 Å². The SMILES string of the molecule is Cc1c(CNc2cnn(C)c(=O)c2Cl)cnn1C. The maximum atomic E-state index is 11.6. The number of hydrogen-bond donors (Lipinski definition) is 1. The van der Waals surface area contributed by atoms with Gasteiger partial charge in [-0.25, -0.2) is 4.68 Å². The number of hydrogen-bond acceptors (Lipinski definition) is 4. The summed E-state index contributed by atoms with van der Waals surface area (Å²) in [7, 11) is 3.44. The molecule has 0 aliphatic heterocycles. The first-order valence-electron chi connectivity index (χ1n) is 5.44. The van der Waals surface area contributed by atoms with E-state index >= 15 is 0 Å². The molecule has 0 aromatic carbocycles. The van der Waals surface area contributed by atoms with Crippen LogP contribution >= 0.6 is 11.6 Å². The molecule has 6 nitrogen and oxygen atoms in total. The second-order valence-corrected chi connectivity index (χ2v) is 4.41. The van der Waals surface area contributed by atoms with Crippen LogP contribution in [0.4, 0.5) is 5.69 Å². The summed E-state index contributed by atoms with van der Waals surface area (Å²) in [6, 6.07) is 0. The fraction of sp³-hybridized carbons (Fsp3) is 0.364. The summed E-state index contributed by atoms with van der Waals surface area (Å²) in [4.78, 5) is 11.6. The minimum Gasteiger partial charge on any atom is -0.378 e. The average Bonchev–Trinajstić information content (AvgIpc) is 2.67. The lowest BCUT2D eigenvalue weighted by Crippen LogP contribution is -2.21. The Morgan fingerprint density at radius 1 is 1.28 bits per heavy atom. The van der Waals surface area contributed by atoms with Crippen LogP contribution in [0.1, 0.15) is 11.3 Å². The van der Waals surface area contributed by atoms with Crippen molar-refractivity contribution in [1.29, 1.82) is 0 Å². The van der Waals surface area contributed by atoms with E-state index in [9.17, 15) is 4.79 Å². The summed E-state index contributed by atoms with van der Waals surface area (Å²) in [5.74, 6) is 0. The fourth-order valence-corrected chi connectivity index (χ4v) is 1.78. The summed E-state index contributed by atoms with van der Waals surface area (Å²) in [6.45, 7) is 2.53. The molecule has 96 valence electrons. The first-order valence-corrected chi connectivity index (χ1v) is 5.81. The Morgan fingerprint density at radius 3 is 2.56 bits per heavy atom. The zero-order valence-electron chi connectivity index (χ0n) is 10.4. The largest absolute Gasteiger partial charge is 0.378 e. The lowest BCUT2D eigenvalue weighted by molar-refractivity contribution is 0.708. The minimum absolute atomic E-state index is 0.147. The van der Waals surface area contributed by atoms with Gasteiger partial charge >= 0.3 is 0 Å². The zero-order valence-corrected chi connectivity index (χ0v) is 11.2. The highest BCUT2D eigenvalue weighted by molar-refractivity contribution is 6.32. The van der Waals surface area contributed by atoms with Gasteiger partial charge in [0.15, 0.2) is 0 Å². The van der Waals surface area contributed by atoms with Crippen LogP contribution in [0.2, 0.25) is 5.02 Å². The first kappa shape index (κ1) is 12.6. The van der Waals surface area contributed by atoms with Gasteiger partial charge in [-0.1, -0.05) is 11.6 Å². The van der Waals surface area contributed by atoms with E-state index in [2.05, 4.69) is 15.5 Å². The maximum Gasteiger partial charge on any atom is 0.287 e. The van der Waals surface area contributed by atoms with Gasteiger partial charge in [0.25, 0.3) is 5.56 Å². The molecule has 2 aromatic rings. The van der Waals surface area contributed by atoms with Crippen molar-refractivity contribution in [2.24, 2.45) is 14.1 Å². The molecule has 7 heteroatoms. The lowest BCUT2D eigenvalue weighted by atomic mass is 10.2. The molecule has 0 aliphatic rings. The molecule has 0 spiro atoms. The summed E-state index contributed by atoms with van der Waals surface area (Å²) >= 11 is 5.95. The van der Waals surface area contributed by atoms with Crippen molar-refractivity contribution >= 4 is 17.3 Å². The van der Waals surface area contributed by atoms with Gasteiger partial charge in [0.2, 0.25) is 0 Å². The van der Waals surface area contributed by atoms with E-state index in [4.69, 9.17) is 11.6 Å². The van der Waals surface area contributed by atoms with Crippen LogP contribution in [0, 0.1) is 6.92 Å². The molecular formula is C11H14ClN5O. The average molecular weight is 268 g/mol. The summed E-state index contributed by atoms with van der Waals surface area (Å²) in [5, 5.41) is 11.3. The van der Waals surface area contributed by atoms with E-state index in [1.807, 2.05) is 14.0 Å². The molecule has 0 amide bonds. The van der Waals surface area contributed by atoms with Crippen LogP contribution in [0.5, 0.6) is 0 Å². The van der Waals surface area contributed by atoms with Crippen molar-refractivity contribution < 1.29 is 0 Å². The van der Waals surface area contributed by atoms with E-state index in [1.54, 1.807) is 17.9 Å². The second-order valence-electron chi connectivity index (χ2n) is 4.03. The van der Waals surface area contributed by atoms with Gasteiger partial charge in [-0.15, -0.1) is 0 Å². The third-order valence-corrected chi connectivity index (χ3v) is 3.25. The van der Waals surface area contributed by atoms with Gasteiger partial charge < -0.3 is 5.32 Å². The molecule has 0 saturated heterocycles. The van der Waals surface area contributed by atoms with E-state index in [0.29, 0.717) is 12.2 Å². The number of aromatic nitrogens is 4. The number of nitrogens with one attached hydrogen (secondary N) is 1. The van der Waals surface area contributed by atoms with Crippen LogP contribution in [0.15, 0.2) is 17.2 Å². The summed E-state index contributed by atoms with van der Waals surface area (Å²) < 4.78 is 2.99. The van der Waals surface area contributed by atoms with Crippen LogP contribution in [0.3, 0.4) is 0 Å². The van der Waals surface area contributed by atoms with Crippen LogP contribution in [-0.2, 0) is 20.6 Å². The number of aryl methyl sites for hydroxylation is 2. The van der Waals surface area contributed by atoms with E-state index in [-0.39, 0.29) is 10.6 Å². The number of halogens is 1. The Balaban J connectivity index is 2.19. The molecule has 2 rings (SSSR count). The molecule has 0 atom stereocenters. The predicted molar refractivity (Wildman–Crippen MR) is 69.8 cm³/mol. The van der Waals surface area contributed by atoms with Crippen molar-refractivity contribution in [2.75, 3.05) is 5.32 Å². The van der Waals surface area contributed by atoms with Crippen molar-refractivity contribution in [1.82, 2.24) is 19.6 Å².